The Morgan fingerprint density at radius 3 is 2.32 bits per heavy atom. The maximum absolute atomic E-state index is 12.3. The predicted molar refractivity (Wildman–Crippen MR) is 74.4 cm³/mol. The molecule has 0 saturated heterocycles. The zero-order valence-corrected chi connectivity index (χ0v) is 11.6. The number of nitrogens with one attached hydrogen (secondary N) is 1. The van der Waals surface area contributed by atoms with Crippen LogP contribution in [0.25, 0.3) is 0 Å². The van der Waals surface area contributed by atoms with Crippen molar-refractivity contribution >= 4 is 5.91 Å². The molecule has 0 aliphatic carbocycles. The van der Waals surface area contributed by atoms with E-state index >= 15 is 0 Å². The van der Waals surface area contributed by atoms with E-state index in [1.807, 2.05) is 0 Å². The Labute approximate surface area is 113 Å². The maximum atomic E-state index is 12.3. The van der Waals surface area contributed by atoms with Gasteiger partial charge in [0, 0.05) is 25.4 Å². The number of aromatic nitrogens is 1. The normalized spacial score (nSPS) is 10.4. The van der Waals surface area contributed by atoms with Gasteiger partial charge in [-0.2, -0.15) is 0 Å². The van der Waals surface area contributed by atoms with Gasteiger partial charge in [-0.05, 0) is 12.8 Å². The number of aromatic hydroxyl groups is 1. The quantitative estimate of drug-likeness (QED) is 0.794. The predicted octanol–water partition coefficient (Wildman–Crippen LogP) is 2.12. The third-order valence-corrected chi connectivity index (χ3v) is 2.98. The van der Waals surface area contributed by atoms with E-state index in [1.54, 1.807) is 4.90 Å². The molecule has 106 valence electrons. The molecular formula is C14H22N2O3. The second kappa shape index (κ2) is 7.61. The Morgan fingerprint density at radius 1 is 1.26 bits per heavy atom. The average molecular weight is 266 g/mol. The van der Waals surface area contributed by atoms with Crippen LogP contribution in [0.5, 0.6) is 5.75 Å². The Morgan fingerprint density at radius 2 is 1.84 bits per heavy atom. The Hall–Kier alpha value is -1.78. The molecule has 2 N–H and O–H groups in total. The summed E-state index contributed by atoms with van der Waals surface area (Å²) in [6, 6.07) is 1.03. The third-order valence-electron chi connectivity index (χ3n) is 2.98. The van der Waals surface area contributed by atoms with Crippen molar-refractivity contribution < 1.29 is 9.90 Å². The number of rotatable bonds is 7. The molecule has 0 aromatic carbocycles. The number of nitrogens with zero attached hydrogens (tertiary/aromatic N) is 1. The van der Waals surface area contributed by atoms with E-state index in [4.69, 9.17) is 0 Å². The van der Waals surface area contributed by atoms with Crippen LogP contribution >= 0.6 is 0 Å². The van der Waals surface area contributed by atoms with E-state index in [0.29, 0.717) is 13.1 Å². The molecule has 0 atom stereocenters. The largest absolute Gasteiger partial charge is 0.507 e. The molecule has 5 heteroatoms. The molecule has 0 spiro atoms. The molecule has 0 aliphatic rings. The highest BCUT2D eigenvalue weighted by atomic mass is 16.3. The summed E-state index contributed by atoms with van der Waals surface area (Å²) in [4.78, 5) is 27.5. The maximum Gasteiger partial charge on any atom is 0.259 e. The van der Waals surface area contributed by atoms with Crippen molar-refractivity contribution in [2.45, 2.75) is 39.5 Å². The molecule has 0 unspecified atom stereocenters. The number of unbranched alkanes of at least 4 members (excludes halogenated alkanes) is 2. The van der Waals surface area contributed by atoms with E-state index in [-0.39, 0.29) is 17.2 Å². The molecule has 0 saturated carbocycles. The highest BCUT2D eigenvalue weighted by Crippen LogP contribution is 2.16. The number of hydrogen-bond donors (Lipinski definition) is 2. The van der Waals surface area contributed by atoms with Crippen LogP contribution in [0.1, 0.15) is 49.9 Å². The molecule has 5 nitrogen and oxygen atoms in total. The van der Waals surface area contributed by atoms with Gasteiger partial charge in [-0.15, -0.1) is 0 Å². The third kappa shape index (κ3) is 4.43. The zero-order chi connectivity index (χ0) is 14.3. The summed E-state index contributed by atoms with van der Waals surface area (Å²) in [5.41, 5.74) is -0.255. The summed E-state index contributed by atoms with van der Waals surface area (Å²) in [5, 5.41) is 9.69. The zero-order valence-electron chi connectivity index (χ0n) is 11.6. The van der Waals surface area contributed by atoms with Gasteiger partial charge in [-0.25, -0.2) is 0 Å². The number of H-pyrrole nitrogens is 1. The van der Waals surface area contributed by atoms with Gasteiger partial charge in [0.05, 0.1) is 5.56 Å². The Balaban J connectivity index is 2.87. The summed E-state index contributed by atoms with van der Waals surface area (Å²) >= 11 is 0. The van der Waals surface area contributed by atoms with Crippen LogP contribution in [0.15, 0.2) is 17.1 Å². The van der Waals surface area contributed by atoms with Gasteiger partial charge in [0.2, 0.25) is 0 Å². The molecule has 1 amide bonds. The van der Waals surface area contributed by atoms with Crippen molar-refractivity contribution in [3.05, 3.63) is 28.2 Å². The molecule has 1 aromatic rings. The lowest BCUT2D eigenvalue weighted by Crippen LogP contribution is -2.33. The second-order valence-corrected chi connectivity index (χ2v) is 4.60. The lowest BCUT2D eigenvalue weighted by molar-refractivity contribution is 0.0747. The topological polar surface area (TPSA) is 73.4 Å². The summed E-state index contributed by atoms with van der Waals surface area (Å²) in [5.74, 6) is -0.484. The molecular weight excluding hydrogens is 244 g/mol. The number of aromatic amines is 1. The number of carbonyl (C=O) groups is 1. The van der Waals surface area contributed by atoms with Crippen molar-refractivity contribution in [3.63, 3.8) is 0 Å². The minimum absolute atomic E-state index is 0.159. The standard InChI is InChI=1S/C14H22N2O3/c1-3-5-7-16(8-6-4-2)14(19)11-10-15-13(18)9-12(11)17/h9-10H,3-8H2,1-2H3,(H2,15,17,18). The van der Waals surface area contributed by atoms with Crippen LogP contribution in [0, 0.1) is 0 Å². The van der Waals surface area contributed by atoms with Crippen molar-refractivity contribution in [1.29, 1.82) is 0 Å². The van der Waals surface area contributed by atoms with Crippen LogP contribution < -0.4 is 5.56 Å². The minimum atomic E-state index is -0.414. The van der Waals surface area contributed by atoms with Gasteiger partial charge in [-0.1, -0.05) is 26.7 Å². The van der Waals surface area contributed by atoms with E-state index in [9.17, 15) is 14.7 Å². The second-order valence-electron chi connectivity index (χ2n) is 4.60. The number of hydrogen-bond acceptors (Lipinski definition) is 3. The van der Waals surface area contributed by atoms with Gasteiger partial charge >= 0.3 is 0 Å². The monoisotopic (exact) mass is 266 g/mol. The van der Waals surface area contributed by atoms with E-state index < -0.39 is 5.56 Å². The Kier molecular flexibility index (Phi) is 6.12. The van der Waals surface area contributed by atoms with Crippen LogP contribution in [0.4, 0.5) is 0 Å². The minimum Gasteiger partial charge on any atom is -0.507 e. The lowest BCUT2D eigenvalue weighted by Gasteiger charge is -2.22. The van der Waals surface area contributed by atoms with E-state index in [1.165, 1.54) is 6.20 Å². The fourth-order valence-electron chi connectivity index (χ4n) is 1.82. The SMILES string of the molecule is CCCCN(CCCC)C(=O)c1c[nH]c(=O)cc1O. The fraction of sp³-hybridized carbons (Fsp3) is 0.571. The van der Waals surface area contributed by atoms with Crippen molar-refractivity contribution in [2.75, 3.05) is 13.1 Å². The molecule has 0 radical (unpaired) electrons. The Bertz CT molecular complexity index is 460. The van der Waals surface area contributed by atoms with Gasteiger partial charge in [0.15, 0.2) is 0 Å². The first-order valence-corrected chi connectivity index (χ1v) is 6.81. The van der Waals surface area contributed by atoms with Crippen molar-refractivity contribution in [1.82, 2.24) is 9.88 Å². The summed E-state index contributed by atoms with van der Waals surface area (Å²) < 4.78 is 0. The van der Waals surface area contributed by atoms with E-state index in [2.05, 4.69) is 18.8 Å². The highest BCUT2D eigenvalue weighted by molar-refractivity contribution is 5.96. The smallest absolute Gasteiger partial charge is 0.259 e. The summed E-state index contributed by atoms with van der Waals surface area (Å²) in [7, 11) is 0. The molecule has 0 fully saturated rings. The molecule has 1 aromatic heterocycles. The van der Waals surface area contributed by atoms with Gasteiger partial charge < -0.3 is 15.0 Å². The molecule has 19 heavy (non-hydrogen) atoms. The van der Waals surface area contributed by atoms with Crippen molar-refractivity contribution in [3.8, 4) is 5.75 Å². The highest BCUT2D eigenvalue weighted by Gasteiger charge is 2.18. The first-order chi connectivity index (χ1) is 9.10. The summed E-state index contributed by atoms with van der Waals surface area (Å²) in [6.07, 6.45) is 5.16. The van der Waals surface area contributed by atoms with Crippen LogP contribution in [0.2, 0.25) is 0 Å². The van der Waals surface area contributed by atoms with Crippen LogP contribution in [-0.2, 0) is 0 Å². The van der Waals surface area contributed by atoms with Gasteiger partial charge in [-0.3, -0.25) is 9.59 Å². The first kappa shape index (κ1) is 15.3. The van der Waals surface area contributed by atoms with Crippen LogP contribution in [-0.4, -0.2) is 34.0 Å². The molecule has 1 rings (SSSR count). The number of carbonyl (C=O) groups excluding carboxylic acids is 1. The molecule has 1 heterocycles. The first-order valence-electron chi connectivity index (χ1n) is 6.81. The number of pyridine rings is 1. The average Bonchev–Trinajstić information content (AvgIpc) is 2.38. The van der Waals surface area contributed by atoms with Gasteiger partial charge in [0.1, 0.15) is 5.75 Å². The lowest BCUT2D eigenvalue weighted by atomic mass is 10.2. The fourth-order valence-corrected chi connectivity index (χ4v) is 1.82. The van der Waals surface area contributed by atoms with E-state index in [0.717, 1.165) is 31.7 Å². The number of amides is 1. The van der Waals surface area contributed by atoms with Crippen LogP contribution in [0.3, 0.4) is 0 Å². The molecule has 0 bridgehead atoms. The summed E-state index contributed by atoms with van der Waals surface area (Å²) in [6.45, 7) is 5.49. The van der Waals surface area contributed by atoms with Crippen molar-refractivity contribution in [2.24, 2.45) is 0 Å². The molecule has 0 aliphatic heterocycles. The van der Waals surface area contributed by atoms with Gasteiger partial charge in [0.25, 0.3) is 11.5 Å².